The number of hydrogen-bond acceptors (Lipinski definition) is 6. The number of nitrogens with zero attached hydrogens (tertiary/aromatic N) is 1. The van der Waals surface area contributed by atoms with Crippen LogP contribution in [0, 0.1) is 0 Å². The zero-order chi connectivity index (χ0) is 11.3. The van der Waals surface area contributed by atoms with Crippen LogP contribution in [-0.2, 0) is 14.3 Å². The predicted octanol–water partition coefficient (Wildman–Crippen LogP) is -0.270. The summed E-state index contributed by atoms with van der Waals surface area (Å²) in [5.74, 6) is 0.310. The second-order valence-corrected chi connectivity index (χ2v) is 3.36. The van der Waals surface area contributed by atoms with Crippen LogP contribution in [0.2, 0.25) is 0 Å². The van der Waals surface area contributed by atoms with E-state index in [0.717, 1.165) is 6.54 Å². The first-order valence-corrected chi connectivity index (χ1v) is 4.83. The van der Waals surface area contributed by atoms with Crippen molar-refractivity contribution in [1.82, 2.24) is 10.6 Å². The van der Waals surface area contributed by atoms with E-state index in [1.165, 1.54) is 14.2 Å². The Morgan fingerprint density at radius 2 is 2.38 bits per heavy atom. The van der Waals surface area contributed by atoms with Crippen molar-refractivity contribution in [3.63, 3.8) is 0 Å². The fourth-order valence-electron chi connectivity index (χ4n) is 1.24. The van der Waals surface area contributed by atoms with Crippen molar-refractivity contribution in [2.24, 2.45) is 4.99 Å². The average Bonchev–Trinajstić information content (AvgIpc) is 2.64. The summed E-state index contributed by atoms with van der Waals surface area (Å²) in [5.41, 5.74) is 0. The van der Waals surface area contributed by atoms with Crippen LogP contribution in [-0.4, -0.2) is 51.4 Å². The third-order valence-electron chi connectivity index (χ3n) is 2.11. The van der Waals surface area contributed by atoms with Crippen LogP contribution in [0.5, 0.6) is 0 Å². The van der Waals surface area contributed by atoms with Crippen molar-refractivity contribution in [3.05, 3.63) is 0 Å². The summed E-state index contributed by atoms with van der Waals surface area (Å²) >= 11 is 0. The molecule has 0 aromatic rings. The average molecular weight is 343 g/mol. The third-order valence-corrected chi connectivity index (χ3v) is 2.11. The van der Waals surface area contributed by atoms with Crippen LogP contribution >= 0.6 is 24.0 Å². The van der Waals surface area contributed by atoms with E-state index in [4.69, 9.17) is 4.74 Å². The van der Waals surface area contributed by atoms with Gasteiger partial charge in [-0.25, -0.2) is 4.79 Å². The molecular formula is C9H18IN3O3. The maximum absolute atomic E-state index is 11.2. The van der Waals surface area contributed by atoms with Crippen LogP contribution < -0.4 is 10.6 Å². The summed E-state index contributed by atoms with van der Waals surface area (Å²) in [6, 6.07) is 0.339. The highest BCUT2D eigenvalue weighted by molar-refractivity contribution is 14.0. The van der Waals surface area contributed by atoms with Gasteiger partial charge >= 0.3 is 5.97 Å². The van der Waals surface area contributed by atoms with Crippen molar-refractivity contribution in [3.8, 4) is 0 Å². The van der Waals surface area contributed by atoms with Gasteiger partial charge < -0.3 is 20.1 Å². The second kappa shape index (κ2) is 7.66. The summed E-state index contributed by atoms with van der Waals surface area (Å²) in [5, 5.41) is 6.11. The molecule has 0 spiro atoms. The van der Waals surface area contributed by atoms with Crippen LogP contribution in [0.25, 0.3) is 0 Å². The van der Waals surface area contributed by atoms with Gasteiger partial charge in [0.05, 0.1) is 20.2 Å². The molecule has 94 valence electrons. The van der Waals surface area contributed by atoms with Gasteiger partial charge in [0.2, 0.25) is 0 Å². The molecule has 1 heterocycles. The van der Waals surface area contributed by atoms with E-state index < -0.39 is 12.1 Å². The quantitative estimate of drug-likeness (QED) is 0.543. The highest BCUT2D eigenvalue weighted by Gasteiger charge is 2.20. The molecule has 1 aliphatic heterocycles. The molecule has 6 nitrogen and oxygen atoms in total. The van der Waals surface area contributed by atoms with Crippen molar-refractivity contribution < 1.29 is 14.3 Å². The Morgan fingerprint density at radius 1 is 1.69 bits per heavy atom. The van der Waals surface area contributed by atoms with E-state index in [0.29, 0.717) is 18.5 Å². The van der Waals surface area contributed by atoms with E-state index in [1.54, 1.807) is 0 Å². The normalized spacial score (nSPS) is 20.2. The van der Waals surface area contributed by atoms with E-state index in [1.807, 2.05) is 6.92 Å². The molecule has 0 saturated carbocycles. The summed E-state index contributed by atoms with van der Waals surface area (Å²) in [7, 11) is 2.80. The minimum atomic E-state index is -0.601. The Bertz CT molecular complexity index is 260. The molecule has 0 radical (unpaired) electrons. The summed E-state index contributed by atoms with van der Waals surface area (Å²) in [6.07, 6.45) is -0.601. The molecule has 1 aliphatic rings. The third kappa shape index (κ3) is 4.52. The summed E-state index contributed by atoms with van der Waals surface area (Å²) in [6.45, 7) is 3.13. The van der Waals surface area contributed by atoms with Crippen molar-refractivity contribution in [1.29, 1.82) is 0 Å². The summed E-state index contributed by atoms with van der Waals surface area (Å²) < 4.78 is 9.55. The van der Waals surface area contributed by atoms with E-state index in [9.17, 15) is 4.79 Å². The van der Waals surface area contributed by atoms with Gasteiger partial charge in [-0.15, -0.1) is 24.0 Å². The lowest BCUT2D eigenvalue weighted by atomic mass is 10.3. The van der Waals surface area contributed by atoms with Crippen molar-refractivity contribution >= 4 is 35.9 Å². The number of halogens is 1. The van der Waals surface area contributed by atoms with Gasteiger partial charge in [0.15, 0.2) is 12.1 Å². The topological polar surface area (TPSA) is 72.0 Å². The summed E-state index contributed by atoms with van der Waals surface area (Å²) in [4.78, 5) is 15.4. The molecule has 0 aromatic carbocycles. The molecule has 0 bridgehead atoms. The number of aliphatic imine (C=N–C) groups is 1. The van der Waals surface area contributed by atoms with Crippen molar-refractivity contribution in [2.45, 2.75) is 19.1 Å². The number of carbonyl (C=O) groups is 1. The van der Waals surface area contributed by atoms with E-state index in [-0.39, 0.29) is 24.0 Å². The molecule has 7 heteroatoms. The number of esters is 1. The standard InChI is InChI=1S/C9H17N3O3.HI/c1-6-4-10-9(12-6)11-5-7(14-2)8(13)15-3;/h6-7H,4-5H2,1-3H3,(H2,10,11,12);1H. The number of methoxy groups -OCH3 is 2. The molecular weight excluding hydrogens is 325 g/mol. The predicted molar refractivity (Wildman–Crippen MR) is 71.1 cm³/mol. The van der Waals surface area contributed by atoms with Gasteiger partial charge in [-0.1, -0.05) is 0 Å². The fourth-order valence-corrected chi connectivity index (χ4v) is 1.24. The van der Waals surface area contributed by atoms with Gasteiger partial charge in [0, 0.05) is 13.2 Å². The van der Waals surface area contributed by atoms with Crippen LogP contribution in [0.1, 0.15) is 6.92 Å². The number of nitrogens with one attached hydrogen (secondary N) is 2. The SMILES string of the molecule is COC(=O)C(CNC1=NCC(C)N1)OC.I. The smallest absolute Gasteiger partial charge is 0.336 e. The van der Waals surface area contributed by atoms with Crippen LogP contribution in [0.15, 0.2) is 4.99 Å². The van der Waals surface area contributed by atoms with Crippen molar-refractivity contribution in [2.75, 3.05) is 27.3 Å². The molecule has 2 N–H and O–H groups in total. The molecule has 1 rings (SSSR count). The number of rotatable bonds is 4. The number of hydrogen-bond donors (Lipinski definition) is 2. The molecule has 0 saturated heterocycles. The first-order chi connectivity index (χ1) is 7.17. The molecule has 16 heavy (non-hydrogen) atoms. The van der Waals surface area contributed by atoms with E-state index in [2.05, 4.69) is 20.4 Å². The maximum Gasteiger partial charge on any atom is 0.336 e. The van der Waals surface area contributed by atoms with Gasteiger partial charge in [0.25, 0.3) is 0 Å². The lowest BCUT2D eigenvalue weighted by Gasteiger charge is -2.14. The Labute approximate surface area is 112 Å². The zero-order valence-corrected chi connectivity index (χ0v) is 12.0. The monoisotopic (exact) mass is 343 g/mol. The minimum absolute atomic E-state index is 0. The van der Waals surface area contributed by atoms with Crippen LogP contribution in [0.3, 0.4) is 0 Å². The lowest BCUT2D eigenvalue weighted by Crippen LogP contribution is -2.43. The number of ether oxygens (including phenoxy) is 2. The first-order valence-electron chi connectivity index (χ1n) is 4.83. The second-order valence-electron chi connectivity index (χ2n) is 3.36. The zero-order valence-electron chi connectivity index (χ0n) is 9.65. The molecule has 2 atom stereocenters. The van der Waals surface area contributed by atoms with E-state index >= 15 is 0 Å². The Kier molecular flexibility index (Phi) is 7.39. The van der Waals surface area contributed by atoms with Gasteiger partial charge in [-0.3, -0.25) is 4.99 Å². The highest BCUT2D eigenvalue weighted by atomic mass is 127. The lowest BCUT2D eigenvalue weighted by molar-refractivity contribution is -0.151. The number of carbonyl (C=O) groups excluding carboxylic acids is 1. The Balaban J connectivity index is 0.00000225. The minimum Gasteiger partial charge on any atom is -0.467 e. The Morgan fingerprint density at radius 3 is 2.81 bits per heavy atom. The molecule has 0 fully saturated rings. The maximum atomic E-state index is 11.2. The van der Waals surface area contributed by atoms with Gasteiger partial charge in [-0.05, 0) is 6.92 Å². The fraction of sp³-hybridized carbons (Fsp3) is 0.778. The highest BCUT2D eigenvalue weighted by Crippen LogP contribution is 1.95. The van der Waals surface area contributed by atoms with Gasteiger partial charge in [0.1, 0.15) is 0 Å². The molecule has 0 aromatic heterocycles. The molecule has 0 aliphatic carbocycles. The molecule has 2 unspecified atom stereocenters. The molecule has 0 amide bonds. The van der Waals surface area contributed by atoms with Gasteiger partial charge in [-0.2, -0.15) is 0 Å². The first kappa shape index (κ1) is 15.4. The Hall–Kier alpha value is -0.570. The van der Waals surface area contributed by atoms with Crippen LogP contribution in [0.4, 0.5) is 0 Å². The number of guanidine groups is 1. The largest absolute Gasteiger partial charge is 0.467 e.